The van der Waals surface area contributed by atoms with E-state index in [1.807, 2.05) is 0 Å². The van der Waals surface area contributed by atoms with Crippen LogP contribution in [0.3, 0.4) is 0 Å². The smallest absolute Gasteiger partial charge is 0.339 e. The number of nitrogens with zero attached hydrogens (tertiary/aromatic N) is 3. The Morgan fingerprint density at radius 2 is 2.07 bits per heavy atom. The van der Waals surface area contributed by atoms with Crippen LogP contribution >= 0.6 is 22.9 Å². The third-order valence-electron chi connectivity index (χ3n) is 3.97. The molecular weight excluding hydrogens is 426 g/mol. The zero-order valence-corrected chi connectivity index (χ0v) is 17.0. The van der Waals surface area contributed by atoms with Crippen molar-refractivity contribution in [3.63, 3.8) is 0 Å². The number of amides is 1. The van der Waals surface area contributed by atoms with Gasteiger partial charge < -0.3 is 16.2 Å². The Morgan fingerprint density at radius 1 is 1.33 bits per heavy atom. The predicted octanol–water partition coefficient (Wildman–Crippen LogP) is 3.95. The number of hydrogen-bond acceptors (Lipinski definition) is 5. The first-order valence-corrected chi connectivity index (χ1v) is 9.73. The molecule has 0 fully saturated rings. The maximum Gasteiger partial charge on any atom is 0.339 e. The number of hydrogen-bond donors (Lipinski definition) is 3. The van der Waals surface area contributed by atoms with Gasteiger partial charge in [-0.2, -0.15) is 5.10 Å². The van der Waals surface area contributed by atoms with Crippen molar-refractivity contribution in [2.24, 2.45) is 10.7 Å². The molecule has 0 unspecified atom stereocenters. The molecule has 3 rings (SSSR count). The van der Waals surface area contributed by atoms with Gasteiger partial charge >= 0.3 is 5.97 Å². The molecule has 30 heavy (non-hydrogen) atoms. The first-order valence-electron chi connectivity index (χ1n) is 8.47. The highest BCUT2D eigenvalue weighted by Crippen LogP contribution is 2.36. The second kappa shape index (κ2) is 9.21. The number of carboxylic acid groups (broad SMARTS) is 1. The summed E-state index contributed by atoms with van der Waals surface area (Å²) in [7, 11) is 0. The number of rotatable bonds is 7. The fourth-order valence-corrected chi connectivity index (χ4v) is 3.67. The van der Waals surface area contributed by atoms with Crippen LogP contribution in [0.25, 0.3) is 16.1 Å². The van der Waals surface area contributed by atoms with Crippen molar-refractivity contribution >= 4 is 46.8 Å². The quantitative estimate of drug-likeness (QED) is 0.222. The minimum Gasteiger partial charge on any atom is -0.478 e. The maximum absolute atomic E-state index is 12.4. The van der Waals surface area contributed by atoms with Crippen molar-refractivity contribution in [1.29, 1.82) is 0 Å². The van der Waals surface area contributed by atoms with E-state index in [4.69, 9.17) is 17.3 Å². The number of nitrogens with one attached hydrogen (secondary N) is 1. The van der Waals surface area contributed by atoms with E-state index in [-0.39, 0.29) is 16.8 Å². The summed E-state index contributed by atoms with van der Waals surface area (Å²) >= 11 is 7.09. The van der Waals surface area contributed by atoms with Gasteiger partial charge in [0.05, 0.1) is 34.4 Å². The van der Waals surface area contributed by atoms with Gasteiger partial charge in [-0.25, -0.2) is 14.5 Å². The first-order chi connectivity index (χ1) is 14.4. The molecule has 0 aliphatic rings. The Morgan fingerprint density at radius 3 is 2.70 bits per heavy atom. The standard InChI is InChI=1S/C20H16ClN5O3S/c1-2-12(7-23-11-22)19(27)25-16-10-30-18(17(16)20(28)29)13-8-24-26(9-13)15-5-3-14(21)4-6-15/h2-11H,1H2,(H2,22,23)(H,25,27)(H,28,29)/b12-7+. The van der Waals surface area contributed by atoms with E-state index < -0.39 is 11.9 Å². The summed E-state index contributed by atoms with van der Waals surface area (Å²) in [5.41, 5.74) is 6.81. The van der Waals surface area contributed by atoms with Crippen molar-refractivity contribution in [3.8, 4) is 16.1 Å². The van der Waals surface area contributed by atoms with E-state index >= 15 is 0 Å². The molecule has 0 spiro atoms. The molecule has 0 atom stereocenters. The molecule has 1 amide bonds. The number of benzene rings is 1. The molecule has 0 bridgehead atoms. The Kier molecular flexibility index (Phi) is 6.45. The highest BCUT2D eigenvalue weighted by Gasteiger charge is 2.22. The molecule has 0 saturated heterocycles. The summed E-state index contributed by atoms with van der Waals surface area (Å²) < 4.78 is 1.61. The molecule has 152 valence electrons. The van der Waals surface area contributed by atoms with Gasteiger partial charge in [-0.1, -0.05) is 24.3 Å². The highest BCUT2D eigenvalue weighted by molar-refractivity contribution is 7.14. The molecule has 8 nitrogen and oxygen atoms in total. The van der Waals surface area contributed by atoms with Crippen LogP contribution < -0.4 is 11.1 Å². The summed E-state index contributed by atoms with van der Waals surface area (Å²) in [5, 5.41) is 18.8. The zero-order chi connectivity index (χ0) is 21.7. The summed E-state index contributed by atoms with van der Waals surface area (Å²) in [5.74, 6) is -1.73. The molecule has 0 aliphatic carbocycles. The van der Waals surface area contributed by atoms with E-state index in [0.717, 1.165) is 12.0 Å². The second-order valence-electron chi connectivity index (χ2n) is 5.85. The van der Waals surface area contributed by atoms with Gasteiger partial charge in [-0.15, -0.1) is 11.3 Å². The molecule has 0 saturated carbocycles. The van der Waals surface area contributed by atoms with Crippen LogP contribution in [0, 0.1) is 0 Å². The van der Waals surface area contributed by atoms with E-state index in [1.165, 1.54) is 23.6 Å². The molecule has 2 heterocycles. The lowest BCUT2D eigenvalue weighted by Crippen LogP contribution is -2.15. The van der Waals surface area contributed by atoms with Gasteiger partial charge in [0.25, 0.3) is 5.91 Å². The Balaban J connectivity index is 1.94. The van der Waals surface area contributed by atoms with Crippen LogP contribution in [0.2, 0.25) is 5.02 Å². The summed E-state index contributed by atoms with van der Waals surface area (Å²) in [6.45, 7) is 3.55. The van der Waals surface area contributed by atoms with Gasteiger partial charge in [-0.3, -0.25) is 4.79 Å². The molecule has 0 radical (unpaired) electrons. The van der Waals surface area contributed by atoms with Crippen molar-refractivity contribution in [2.45, 2.75) is 0 Å². The molecule has 1 aromatic carbocycles. The summed E-state index contributed by atoms with van der Waals surface area (Å²) in [4.78, 5) is 28.5. The molecule has 4 N–H and O–H groups in total. The number of carbonyl (C=O) groups excluding carboxylic acids is 1. The van der Waals surface area contributed by atoms with Crippen molar-refractivity contribution in [3.05, 3.63) is 77.1 Å². The maximum atomic E-state index is 12.4. The number of nitrogens with two attached hydrogens (primary N) is 1. The number of aromatic carboxylic acids is 1. The van der Waals surface area contributed by atoms with Crippen LogP contribution in [0.1, 0.15) is 10.4 Å². The van der Waals surface area contributed by atoms with Gasteiger partial charge in [0, 0.05) is 28.4 Å². The third-order valence-corrected chi connectivity index (χ3v) is 5.25. The minimum absolute atomic E-state index is 0.0326. The zero-order valence-electron chi connectivity index (χ0n) is 15.4. The second-order valence-corrected chi connectivity index (χ2v) is 7.17. The van der Waals surface area contributed by atoms with Gasteiger partial charge in [0.2, 0.25) is 0 Å². The minimum atomic E-state index is -1.18. The number of aliphatic imine (C=N–C) groups is 1. The predicted molar refractivity (Wildman–Crippen MR) is 118 cm³/mol. The van der Waals surface area contributed by atoms with Crippen molar-refractivity contribution in [2.75, 3.05) is 5.32 Å². The van der Waals surface area contributed by atoms with Crippen LogP contribution in [-0.2, 0) is 4.79 Å². The summed E-state index contributed by atoms with van der Waals surface area (Å²) in [6, 6.07) is 7.06. The van der Waals surface area contributed by atoms with Crippen molar-refractivity contribution < 1.29 is 14.7 Å². The lowest BCUT2D eigenvalue weighted by Gasteiger charge is -2.05. The Labute approximate surface area is 180 Å². The number of carbonyl (C=O) groups is 2. The van der Waals surface area contributed by atoms with Crippen LogP contribution in [-0.4, -0.2) is 33.1 Å². The SMILES string of the molecule is C=C/C(=C\N=C/N)C(=O)Nc1csc(-c2cnn(-c3ccc(Cl)cc3)c2)c1C(=O)O. The van der Waals surface area contributed by atoms with E-state index in [1.54, 1.807) is 46.7 Å². The molecular formula is C20H16ClN5O3S. The average Bonchev–Trinajstić information content (AvgIpc) is 3.36. The Bertz CT molecular complexity index is 1160. The molecule has 0 aliphatic heterocycles. The molecule has 2 aromatic heterocycles. The van der Waals surface area contributed by atoms with Gasteiger partial charge in [0.1, 0.15) is 5.56 Å². The van der Waals surface area contributed by atoms with Crippen molar-refractivity contribution in [1.82, 2.24) is 9.78 Å². The number of thiophene rings is 1. The van der Waals surface area contributed by atoms with Crippen LogP contribution in [0.4, 0.5) is 5.69 Å². The topological polar surface area (TPSA) is 123 Å². The third kappa shape index (κ3) is 4.48. The number of halogens is 1. The largest absolute Gasteiger partial charge is 0.478 e. The van der Waals surface area contributed by atoms with E-state index in [0.29, 0.717) is 15.5 Å². The van der Waals surface area contributed by atoms with Crippen LogP contribution in [0.15, 0.2) is 71.5 Å². The highest BCUT2D eigenvalue weighted by atomic mass is 35.5. The lowest BCUT2D eigenvalue weighted by atomic mass is 10.1. The molecule has 10 heteroatoms. The number of carboxylic acids is 1. The normalized spacial score (nSPS) is 11.6. The monoisotopic (exact) mass is 441 g/mol. The fraction of sp³-hybridized carbons (Fsp3) is 0. The van der Waals surface area contributed by atoms with Gasteiger partial charge in [-0.05, 0) is 24.3 Å². The molecule has 3 aromatic rings. The fourth-order valence-electron chi connectivity index (χ4n) is 2.57. The van der Waals surface area contributed by atoms with Crippen LogP contribution in [0.5, 0.6) is 0 Å². The lowest BCUT2D eigenvalue weighted by molar-refractivity contribution is -0.112. The number of anilines is 1. The van der Waals surface area contributed by atoms with E-state index in [9.17, 15) is 14.7 Å². The van der Waals surface area contributed by atoms with Gasteiger partial charge in [0.15, 0.2) is 0 Å². The van der Waals surface area contributed by atoms with E-state index in [2.05, 4.69) is 22.0 Å². The average molecular weight is 442 g/mol. The first kappa shape index (κ1) is 21.0. The Hall–Kier alpha value is -3.69. The summed E-state index contributed by atoms with van der Waals surface area (Å²) in [6.07, 6.45) is 6.82. The number of aromatic nitrogens is 2.